The highest BCUT2D eigenvalue weighted by atomic mass is 16.5. The fourth-order valence-corrected chi connectivity index (χ4v) is 3.26. The molecule has 0 aromatic carbocycles. The number of nitrogens with zero attached hydrogens (tertiary/aromatic N) is 3. The Morgan fingerprint density at radius 1 is 1.29 bits per heavy atom. The molecule has 0 radical (unpaired) electrons. The topological polar surface area (TPSA) is 119 Å². The summed E-state index contributed by atoms with van der Waals surface area (Å²) in [5.41, 5.74) is 3.14. The lowest BCUT2D eigenvalue weighted by atomic mass is 10.1. The molecule has 0 spiro atoms. The molecule has 1 atom stereocenters. The summed E-state index contributed by atoms with van der Waals surface area (Å²) >= 11 is 0. The average Bonchev–Trinajstić information content (AvgIpc) is 3.17. The zero-order valence-electron chi connectivity index (χ0n) is 16.0. The van der Waals surface area contributed by atoms with E-state index in [-0.39, 0.29) is 17.5 Å². The zero-order valence-corrected chi connectivity index (χ0v) is 16.0. The van der Waals surface area contributed by atoms with Crippen molar-refractivity contribution in [1.29, 1.82) is 0 Å². The maximum absolute atomic E-state index is 12.9. The molecule has 9 heteroatoms. The number of rotatable bonds is 0. The predicted octanol–water partition coefficient (Wildman–Crippen LogP) is -0.222. The first-order chi connectivity index (χ1) is 13.4. The quantitative estimate of drug-likeness (QED) is 0.498. The molecule has 3 aliphatic rings. The SMILES string of the molecule is Cc1cc2c([nH]1)/C=c1/c3nc([nH]cc-3[nH]c1=O)=NC(C)COCCN(C)C2=O. The Balaban J connectivity index is 1.98. The number of aromatic amines is 3. The number of hydrogen-bond donors (Lipinski definition) is 3. The molecule has 28 heavy (non-hydrogen) atoms. The van der Waals surface area contributed by atoms with Gasteiger partial charge in [-0.2, -0.15) is 0 Å². The van der Waals surface area contributed by atoms with Gasteiger partial charge in [-0.15, -0.1) is 0 Å². The lowest BCUT2D eigenvalue weighted by molar-refractivity contribution is 0.0682. The molecule has 1 aromatic rings. The number of carbonyl (C=O) groups is 1. The van der Waals surface area contributed by atoms with Crippen LogP contribution in [0, 0.1) is 6.92 Å². The van der Waals surface area contributed by atoms with Gasteiger partial charge in [-0.05, 0) is 26.0 Å². The molecule has 3 aliphatic heterocycles. The van der Waals surface area contributed by atoms with Gasteiger partial charge in [0.1, 0.15) is 5.69 Å². The second-order valence-corrected chi connectivity index (χ2v) is 7.06. The Morgan fingerprint density at radius 2 is 2.11 bits per heavy atom. The van der Waals surface area contributed by atoms with Gasteiger partial charge in [0.2, 0.25) is 5.62 Å². The van der Waals surface area contributed by atoms with Crippen LogP contribution in [0.2, 0.25) is 0 Å². The van der Waals surface area contributed by atoms with Gasteiger partial charge < -0.3 is 24.6 Å². The summed E-state index contributed by atoms with van der Waals surface area (Å²) < 4.78 is 5.66. The van der Waals surface area contributed by atoms with E-state index < -0.39 is 0 Å². The van der Waals surface area contributed by atoms with E-state index in [0.29, 0.717) is 53.2 Å². The zero-order chi connectivity index (χ0) is 19.8. The maximum atomic E-state index is 12.9. The first kappa shape index (κ1) is 18.2. The van der Waals surface area contributed by atoms with Gasteiger partial charge in [0, 0.05) is 25.5 Å². The van der Waals surface area contributed by atoms with Crippen LogP contribution in [0.4, 0.5) is 0 Å². The van der Waals surface area contributed by atoms with Gasteiger partial charge in [-0.25, -0.2) is 9.98 Å². The summed E-state index contributed by atoms with van der Waals surface area (Å²) in [6.45, 7) is 5.06. The summed E-state index contributed by atoms with van der Waals surface area (Å²) in [4.78, 5) is 45.0. The van der Waals surface area contributed by atoms with E-state index in [9.17, 15) is 9.59 Å². The molecule has 2 bridgehead atoms. The van der Waals surface area contributed by atoms with Crippen LogP contribution in [0.25, 0.3) is 17.5 Å². The number of ether oxygens (including phenoxy) is 1. The minimum Gasteiger partial charge on any atom is -0.377 e. The number of likely N-dealkylation sites (N-methyl/N-ethyl adjacent to an activating group) is 1. The third kappa shape index (κ3) is 3.36. The van der Waals surface area contributed by atoms with E-state index in [1.54, 1.807) is 30.3 Å². The van der Waals surface area contributed by atoms with E-state index in [1.165, 1.54) is 0 Å². The molecule has 0 saturated carbocycles. The number of aryl methyl sites for hydroxylation is 1. The molecule has 1 amide bonds. The minimum atomic E-state index is -0.271. The van der Waals surface area contributed by atoms with Gasteiger partial charge in [-0.1, -0.05) is 0 Å². The van der Waals surface area contributed by atoms with E-state index in [0.717, 1.165) is 5.69 Å². The van der Waals surface area contributed by atoms with Crippen molar-refractivity contribution < 1.29 is 9.53 Å². The highest BCUT2D eigenvalue weighted by Crippen LogP contribution is 2.15. The average molecular weight is 382 g/mol. The summed E-state index contributed by atoms with van der Waals surface area (Å²) in [6.07, 6.45) is 3.34. The van der Waals surface area contributed by atoms with E-state index in [4.69, 9.17) is 4.74 Å². The van der Waals surface area contributed by atoms with Crippen molar-refractivity contribution in [2.45, 2.75) is 19.9 Å². The Labute approximate surface area is 160 Å². The molecule has 0 saturated heterocycles. The Hall–Kier alpha value is -3.20. The Morgan fingerprint density at radius 3 is 2.93 bits per heavy atom. The van der Waals surface area contributed by atoms with Crippen LogP contribution in [0.3, 0.4) is 0 Å². The second kappa shape index (κ2) is 7.08. The van der Waals surface area contributed by atoms with Crippen LogP contribution in [0.15, 0.2) is 22.1 Å². The largest absolute Gasteiger partial charge is 0.377 e. The van der Waals surface area contributed by atoms with Crippen LogP contribution >= 0.6 is 0 Å². The van der Waals surface area contributed by atoms with Crippen LogP contribution < -0.4 is 16.4 Å². The van der Waals surface area contributed by atoms with Crippen molar-refractivity contribution in [3.05, 3.63) is 50.4 Å². The smallest absolute Gasteiger partial charge is 0.258 e. The maximum Gasteiger partial charge on any atom is 0.258 e. The fraction of sp³-hybridized carbons (Fsp3) is 0.368. The third-order valence-electron chi connectivity index (χ3n) is 4.69. The Kier molecular flexibility index (Phi) is 4.60. The summed E-state index contributed by atoms with van der Waals surface area (Å²) in [5, 5.41) is 0.387. The number of H-pyrrole nitrogens is 3. The molecule has 4 heterocycles. The van der Waals surface area contributed by atoms with Crippen LogP contribution in [0.5, 0.6) is 0 Å². The molecule has 1 unspecified atom stereocenters. The first-order valence-electron chi connectivity index (χ1n) is 9.12. The number of fused-ring (bicyclic) bond motifs is 2. The summed E-state index contributed by atoms with van der Waals surface area (Å²) in [6, 6.07) is 1.66. The molecule has 0 fully saturated rings. The van der Waals surface area contributed by atoms with Crippen LogP contribution in [0.1, 0.15) is 28.7 Å². The molecule has 1 aromatic heterocycles. The van der Waals surface area contributed by atoms with Gasteiger partial charge in [0.05, 0.1) is 41.4 Å². The second-order valence-electron chi connectivity index (χ2n) is 7.06. The third-order valence-corrected chi connectivity index (χ3v) is 4.69. The predicted molar refractivity (Wildman–Crippen MR) is 103 cm³/mol. The van der Waals surface area contributed by atoms with Crippen molar-refractivity contribution in [3.8, 4) is 11.4 Å². The first-order valence-corrected chi connectivity index (χ1v) is 9.12. The lowest BCUT2D eigenvalue weighted by Gasteiger charge is -2.17. The molecular formula is C19H22N6O3. The fourth-order valence-electron chi connectivity index (χ4n) is 3.26. The number of hydrogen-bond acceptors (Lipinski definition) is 5. The number of amides is 1. The highest BCUT2D eigenvalue weighted by Gasteiger charge is 2.19. The molecule has 4 rings (SSSR count). The minimum absolute atomic E-state index is 0.124. The normalized spacial score (nSPS) is 19.5. The number of carbonyl (C=O) groups excluding carboxylic acids is 1. The molecular weight excluding hydrogens is 360 g/mol. The van der Waals surface area contributed by atoms with Gasteiger partial charge in [0.15, 0.2) is 0 Å². The number of aromatic nitrogens is 4. The molecule has 9 nitrogen and oxygen atoms in total. The molecule has 3 N–H and O–H groups in total. The van der Waals surface area contributed by atoms with Gasteiger partial charge >= 0.3 is 0 Å². The van der Waals surface area contributed by atoms with Crippen molar-refractivity contribution in [3.63, 3.8) is 0 Å². The van der Waals surface area contributed by atoms with Crippen LogP contribution in [-0.2, 0) is 4.74 Å². The van der Waals surface area contributed by atoms with E-state index in [1.807, 2.05) is 13.8 Å². The highest BCUT2D eigenvalue weighted by molar-refractivity contribution is 5.97. The summed E-state index contributed by atoms with van der Waals surface area (Å²) in [7, 11) is 1.73. The van der Waals surface area contributed by atoms with E-state index >= 15 is 0 Å². The van der Waals surface area contributed by atoms with Gasteiger partial charge in [-0.3, -0.25) is 9.59 Å². The van der Waals surface area contributed by atoms with Crippen LogP contribution in [-0.4, -0.2) is 63.6 Å². The number of nitrogens with one attached hydrogen (secondary N) is 3. The van der Waals surface area contributed by atoms with Crippen molar-refractivity contribution in [1.82, 2.24) is 24.8 Å². The van der Waals surface area contributed by atoms with E-state index in [2.05, 4.69) is 24.9 Å². The monoisotopic (exact) mass is 382 g/mol. The summed E-state index contributed by atoms with van der Waals surface area (Å²) in [5.74, 6) is -0.138. The Bertz CT molecular complexity index is 1170. The standard InChI is InChI=1S/C19H22N6O3/c1-10-6-12-14(21-10)7-13-16-15(23-17(13)26)8-20-19(24-16)22-11(2)9-28-5-4-25(3)18(12)27/h6-8,11,21H,4-5,9H2,1-3H3,(H,23,26)(H,20,22,24)/b13-7-. The van der Waals surface area contributed by atoms with Crippen molar-refractivity contribution in [2.75, 3.05) is 26.8 Å². The molecule has 146 valence electrons. The van der Waals surface area contributed by atoms with Crippen molar-refractivity contribution in [2.24, 2.45) is 4.99 Å². The molecule has 0 aliphatic carbocycles. The van der Waals surface area contributed by atoms with Gasteiger partial charge in [0.25, 0.3) is 11.5 Å². The van der Waals surface area contributed by atoms with Crippen molar-refractivity contribution >= 4 is 12.0 Å². The lowest BCUT2D eigenvalue weighted by Crippen LogP contribution is -2.31.